The maximum atomic E-state index is 15.0. The van der Waals surface area contributed by atoms with Gasteiger partial charge in [0, 0.05) is 32.1 Å². The number of hydrogen-bond donors (Lipinski definition) is 1. The number of aliphatic carboxylic acids is 1. The molecule has 48 heavy (non-hydrogen) atoms. The molecule has 1 aromatic rings. The molecule has 2 saturated heterocycles. The van der Waals surface area contributed by atoms with E-state index in [2.05, 4.69) is 8.92 Å². The van der Waals surface area contributed by atoms with Gasteiger partial charge in [-0.25, -0.2) is 4.74 Å². The standard InChI is InChI=1S/C27H34F8O12S/c1-4-41-14-43-20-19-17(13-42-22(45-19)16-8-6-5-7-9-16)44-23(40-3)21(20)46-48(38,39)27(34,35)26(32,33)47-25(30,31)24(28,29)12-15(2)10-11-18(36)37/h5-9,15,17,19-23H,4,10-14H2,1-3H3,(H,36,37)/t15?,17-,19-,20+,21+,22?,23-/m1/s1. The summed E-state index contributed by atoms with van der Waals surface area (Å²) in [6.45, 7) is 1.52. The number of rotatable bonds is 18. The maximum absolute atomic E-state index is 15.0. The Kier molecular flexibility index (Phi) is 13.2. The minimum absolute atomic E-state index is 0.0320. The Morgan fingerprint density at radius 1 is 1.02 bits per heavy atom. The van der Waals surface area contributed by atoms with Crippen molar-refractivity contribution < 1.29 is 90.8 Å². The van der Waals surface area contributed by atoms with Crippen molar-refractivity contribution in [2.75, 3.05) is 27.1 Å². The zero-order valence-electron chi connectivity index (χ0n) is 25.5. The van der Waals surface area contributed by atoms with Gasteiger partial charge in [0.15, 0.2) is 18.7 Å². The third-order valence-electron chi connectivity index (χ3n) is 7.16. The largest absolute Gasteiger partial charge is 0.481 e. The molecule has 0 saturated carbocycles. The van der Waals surface area contributed by atoms with E-state index in [-0.39, 0.29) is 13.2 Å². The second-order valence-corrected chi connectivity index (χ2v) is 12.4. The molecule has 12 nitrogen and oxygen atoms in total. The monoisotopic (exact) mass is 734 g/mol. The smallest absolute Gasteiger partial charge is 0.460 e. The van der Waals surface area contributed by atoms with Crippen LogP contribution in [0.4, 0.5) is 35.1 Å². The van der Waals surface area contributed by atoms with Crippen LogP contribution in [0.1, 0.15) is 45.0 Å². The number of carboxylic acid groups (broad SMARTS) is 1. The van der Waals surface area contributed by atoms with Crippen LogP contribution >= 0.6 is 0 Å². The molecule has 7 atom stereocenters. The van der Waals surface area contributed by atoms with Crippen LogP contribution in [0.15, 0.2) is 30.3 Å². The first-order valence-corrected chi connectivity index (χ1v) is 15.7. The number of fused-ring (bicyclic) bond motifs is 1. The van der Waals surface area contributed by atoms with Crippen LogP contribution in [0.2, 0.25) is 0 Å². The Morgan fingerprint density at radius 2 is 1.67 bits per heavy atom. The Bertz CT molecular complexity index is 1310. The number of halogens is 8. The lowest BCUT2D eigenvalue weighted by Crippen LogP contribution is -2.65. The van der Waals surface area contributed by atoms with Crippen LogP contribution in [0.3, 0.4) is 0 Å². The highest BCUT2D eigenvalue weighted by Crippen LogP contribution is 2.50. The van der Waals surface area contributed by atoms with E-state index in [4.69, 9.17) is 33.5 Å². The molecule has 3 rings (SSSR count). The highest BCUT2D eigenvalue weighted by molar-refractivity contribution is 7.87. The third-order valence-corrected chi connectivity index (χ3v) is 8.51. The number of benzene rings is 1. The van der Waals surface area contributed by atoms with Gasteiger partial charge in [0.1, 0.15) is 25.1 Å². The van der Waals surface area contributed by atoms with Gasteiger partial charge in [-0.1, -0.05) is 37.3 Å². The van der Waals surface area contributed by atoms with Gasteiger partial charge >= 0.3 is 39.5 Å². The quantitative estimate of drug-likeness (QED) is 0.0949. The molecule has 2 heterocycles. The highest BCUT2D eigenvalue weighted by atomic mass is 32.2. The summed E-state index contributed by atoms with van der Waals surface area (Å²) in [5.74, 6) is -8.62. The van der Waals surface area contributed by atoms with E-state index in [0.717, 1.165) is 14.0 Å². The summed E-state index contributed by atoms with van der Waals surface area (Å²) in [6.07, 6.45) is -26.5. The first-order valence-electron chi connectivity index (χ1n) is 14.2. The van der Waals surface area contributed by atoms with Gasteiger partial charge in [-0.15, -0.1) is 0 Å². The maximum Gasteiger partial charge on any atom is 0.460 e. The normalized spacial score (nSPS) is 26.6. The lowest BCUT2D eigenvalue weighted by atomic mass is 9.97. The molecule has 2 unspecified atom stereocenters. The number of carbonyl (C=O) groups is 1. The van der Waals surface area contributed by atoms with E-state index in [1.54, 1.807) is 30.3 Å². The highest BCUT2D eigenvalue weighted by Gasteiger charge is 2.75. The van der Waals surface area contributed by atoms with E-state index in [1.807, 2.05) is 0 Å². The predicted octanol–water partition coefficient (Wildman–Crippen LogP) is 4.89. The van der Waals surface area contributed by atoms with Crippen molar-refractivity contribution in [1.29, 1.82) is 0 Å². The fraction of sp³-hybridized carbons (Fsp3) is 0.741. The molecule has 0 aromatic heterocycles. The van der Waals surface area contributed by atoms with Crippen molar-refractivity contribution >= 4 is 16.1 Å². The van der Waals surface area contributed by atoms with Gasteiger partial charge in [0.25, 0.3) is 0 Å². The van der Waals surface area contributed by atoms with Crippen molar-refractivity contribution in [3.05, 3.63) is 35.9 Å². The van der Waals surface area contributed by atoms with Crippen LogP contribution in [-0.4, -0.2) is 101 Å². The van der Waals surface area contributed by atoms with E-state index in [9.17, 15) is 48.3 Å². The molecule has 2 fully saturated rings. The molecule has 2 aliphatic heterocycles. The lowest BCUT2D eigenvalue weighted by Gasteiger charge is -2.48. The number of carboxylic acids is 1. The van der Waals surface area contributed by atoms with Crippen LogP contribution < -0.4 is 0 Å². The van der Waals surface area contributed by atoms with Gasteiger partial charge < -0.3 is 33.5 Å². The van der Waals surface area contributed by atoms with Crippen LogP contribution in [0.25, 0.3) is 0 Å². The Balaban J connectivity index is 1.88. The Hall–Kier alpha value is -2.24. The van der Waals surface area contributed by atoms with E-state index >= 15 is 0 Å². The van der Waals surface area contributed by atoms with Gasteiger partial charge in [0.2, 0.25) is 0 Å². The molecule has 2 aliphatic rings. The summed E-state index contributed by atoms with van der Waals surface area (Å²) < 4.78 is 181. The predicted molar refractivity (Wildman–Crippen MR) is 142 cm³/mol. The van der Waals surface area contributed by atoms with Crippen molar-refractivity contribution in [3.8, 4) is 0 Å². The first kappa shape index (κ1) is 40.2. The SMILES string of the molecule is CCOCO[C@@H]1[C@H](OS(=O)(=O)C(F)(F)C(F)(F)OC(F)(F)C(F)(F)CC(C)CCC(=O)O)[C@H](OC)O[C@@H]2COC(c3ccccc3)O[C@@H]12. The summed E-state index contributed by atoms with van der Waals surface area (Å²) in [5, 5.41) is 1.88. The first-order chi connectivity index (χ1) is 22.2. The van der Waals surface area contributed by atoms with Gasteiger partial charge in [0.05, 0.1) is 6.61 Å². The van der Waals surface area contributed by atoms with Gasteiger partial charge in [-0.2, -0.15) is 43.5 Å². The average molecular weight is 735 g/mol. The number of methoxy groups -OCH3 is 1. The van der Waals surface area contributed by atoms with Crippen LogP contribution in [0.5, 0.6) is 0 Å². The average Bonchev–Trinajstić information content (AvgIpc) is 2.99. The van der Waals surface area contributed by atoms with E-state index in [0.29, 0.717) is 5.56 Å². The lowest BCUT2D eigenvalue weighted by molar-refractivity contribution is -0.457. The minimum Gasteiger partial charge on any atom is -0.481 e. The van der Waals surface area contributed by atoms with Gasteiger partial charge in [-0.05, 0) is 19.3 Å². The fourth-order valence-corrected chi connectivity index (χ4v) is 5.64. The Labute approximate surface area is 269 Å². The topological polar surface area (TPSA) is 145 Å². The summed E-state index contributed by atoms with van der Waals surface area (Å²) in [6, 6.07) is 8.08. The molecule has 276 valence electrons. The van der Waals surface area contributed by atoms with Crippen molar-refractivity contribution in [2.45, 2.75) is 93.5 Å². The molecule has 0 bridgehead atoms. The van der Waals surface area contributed by atoms with Gasteiger partial charge in [-0.3, -0.25) is 8.98 Å². The summed E-state index contributed by atoms with van der Waals surface area (Å²) in [5.41, 5.74) is 0.441. The number of alkyl halides is 8. The minimum atomic E-state index is -7.11. The van der Waals surface area contributed by atoms with Crippen LogP contribution in [-0.2, 0) is 52.3 Å². The second kappa shape index (κ2) is 15.8. The summed E-state index contributed by atoms with van der Waals surface area (Å²) in [7, 11) is -6.22. The number of ether oxygens (including phenoxy) is 7. The van der Waals surface area contributed by atoms with Crippen LogP contribution in [0, 0.1) is 5.92 Å². The Morgan fingerprint density at radius 3 is 2.25 bits per heavy atom. The molecular weight excluding hydrogens is 700 g/mol. The molecule has 21 heteroatoms. The molecule has 0 spiro atoms. The zero-order chi connectivity index (χ0) is 36.1. The molecular formula is C27H34F8O12S. The zero-order valence-corrected chi connectivity index (χ0v) is 26.4. The number of hydrogen-bond acceptors (Lipinski definition) is 11. The fourth-order valence-electron chi connectivity index (χ4n) is 4.69. The van der Waals surface area contributed by atoms with Crippen molar-refractivity contribution in [3.63, 3.8) is 0 Å². The molecule has 0 amide bonds. The van der Waals surface area contributed by atoms with E-state index < -0.39 is 108 Å². The molecule has 0 aliphatic carbocycles. The van der Waals surface area contributed by atoms with Crippen molar-refractivity contribution in [2.24, 2.45) is 5.92 Å². The molecule has 0 radical (unpaired) electrons. The molecule has 1 N–H and O–H groups in total. The molecule has 1 aromatic carbocycles. The van der Waals surface area contributed by atoms with E-state index in [1.165, 1.54) is 6.92 Å². The third kappa shape index (κ3) is 9.10. The summed E-state index contributed by atoms with van der Waals surface area (Å²) in [4.78, 5) is 10.6. The summed E-state index contributed by atoms with van der Waals surface area (Å²) >= 11 is 0. The van der Waals surface area contributed by atoms with Crippen molar-refractivity contribution in [1.82, 2.24) is 0 Å². The second-order valence-electron chi connectivity index (χ2n) is 10.8.